The predicted molar refractivity (Wildman–Crippen MR) is 111 cm³/mol. The number of sulfonamides is 1. The number of hydrogen-bond donors (Lipinski definition) is 1. The van der Waals surface area contributed by atoms with Crippen LogP contribution in [0.2, 0.25) is 0 Å². The summed E-state index contributed by atoms with van der Waals surface area (Å²) in [6.45, 7) is 6.15. The van der Waals surface area contributed by atoms with Gasteiger partial charge in [-0.25, -0.2) is 13.1 Å². The Kier molecular flexibility index (Phi) is 7.95. The number of nitrogens with zero attached hydrogens (tertiary/aromatic N) is 2. The fourth-order valence-corrected chi connectivity index (χ4v) is 3.65. The molecule has 29 heavy (non-hydrogen) atoms. The number of amides is 1. The van der Waals surface area contributed by atoms with E-state index < -0.39 is 15.9 Å². The van der Waals surface area contributed by atoms with Crippen molar-refractivity contribution in [2.45, 2.75) is 18.2 Å². The molecule has 0 unspecified atom stereocenters. The molecule has 7 nitrogen and oxygen atoms in total. The van der Waals surface area contributed by atoms with Gasteiger partial charge in [-0.3, -0.25) is 4.79 Å². The first kappa shape index (κ1) is 22.1. The molecule has 0 atom stereocenters. The zero-order valence-corrected chi connectivity index (χ0v) is 17.0. The standard InChI is InChI=1S/C21H23N3O4S/c1-3-14-23-29(26,27)20-8-5-7-17(16-20)21(25)24(15-6-13-22)18-9-11-19(12-10-18)28-4-2/h3,5,7-12,16,23H,1,4,6,14-15H2,2H3. The average molecular weight is 413 g/mol. The highest BCUT2D eigenvalue weighted by Gasteiger charge is 2.20. The van der Waals surface area contributed by atoms with Gasteiger partial charge in [-0.05, 0) is 49.4 Å². The van der Waals surface area contributed by atoms with Gasteiger partial charge in [0.1, 0.15) is 5.75 Å². The first-order chi connectivity index (χ1) is 13.9. The molecule has 0 bridgehead atoms. The zero-order chi connectivity index (χ0) is 21.3. The number of carbonyl (C=O) groups is 1. The van der Waals surface area contributed by atoms with Crippen molar-refractivity contribution in [3.63, 3.8) is 0 Å². The van der Waals surface area contributed by atoms with Crippen molar-refractivity contribution in [3.8, 4) is 11.8 Å². The minimum Gasteiger partial charge on any atom is -0.494 e. The van der Waals surface area contributed by atoms with Crippen molar-refractivity contribution >= 4 is 21.6 Å². The van der Waals surface area contributed by atoms with E-state index >= 15 is 0 Å². The molecule has 2 rings (SSSR count). The van der Waals surface area contributed by atoms with Crippen LogP contribution in [0.1, 0.15) is 23.7 Å². The van der Waals surface area contributed by atoms with Crippen molar-refractivity contribution in [1.82, 2.24) is 4.72 Å². The topological polar surface area (TPSA) is 99.5 Å². The van der Waals surface area contributed by atoms with E-state index in [1.807, 2.05) is 13.0 Å². The lowest BCUT2D eigenvalue weighted by molar-refractivity contribution is 0.0987. The van der Waals surface area contributed by atoms with Gasteiger partial charge in [0.05, 0.1) is 24.0 Å². The minimum atomic E-state index is -3.76. The Morgan fingerprint density at radius 1 is 1.28 bits per heavy atom. The van der Waals surface area contributed by atoms with Crippen molar-refractivity contribution in [2.24, 2.45) is 0 Å². The molecule has 0 aliphatic heterocycles. The summed E-state index contributed by atoms with van der Waals surface area (Å²) in [6.07, 6.45) is 1.57. The highest BCUT2D eigenvalue weighted by atomic mass is 32.2. The van der Waals surface area contributed by atoms with Crippen molar-refractivity contribution < 1.29 is 17.9 Å². The smallest absolute Gasteiger partial charge is 0.258 e. The summed E-state index contributed by atoms with van der Waals surface area (Å²) in [5, 5.41) is 8.96. The number of nitriles is 1. The second-order valence-corrected chi connectivity index (χ2v) is 7.73. The summed E-state index contributed by atoms with van der Waals surface area (Å²) >= 11 is 0. The molecular formula is C21H23N3O4S. The van der Waals surface area contributed by atoms with Crippen molar-refractivity contribution in [2.75, 3.05) is 24.6 Å². The average Bonchev–Trinajstić information content (AvgIpc) is 2.74. The van der Waals surface area contributed by atoms with Gasteiger partial charge in [-0.15, -0.1) is 6.58 Å². The van der Waals surface area contributed by atoms with Crippen LogP contribution in [0.25, 0.3) is 0 Å². The maximum absolute atomic E-state index is 13.1. The molecule has 0 aliphatic rings. The van der Waals surface area contributed by atoms with Gasteiger partial charge >= 0.3 is 0 Å². The van der Waals surface area contributed by atoms with Gasteiger partial charge in [-0.2, -0.15) is 5.26 Å². The van der Waals surface area contributed by atoms with Crippen LogP contribution >= 0.6 is 0 Å². The van der Waals surface area contributed by atoms with Crippen molar-refractivity contribution in [3.05, 3.63) is 66.7 Å². The fraction of sp³-hybridized carbons (Fsp3) is 0.238. The molecular weight excluding hydrogens is 390 g/mol. The lowest BCUT2D eigenvalue weighted by Crippen LogP contribution is -2.32. The van der Waals surface area contributed by atoms with Gasteiger partial charge in [0.15, 0.2) is 0 Å². The molecule has 2 aromatic carbocycles. The van der Waals surface area contributed by atoms with E-state index in [2.05, 4.69) is 11.3 Å². The normalized spacial score (nSPS) is 10.8. The van der Waals surface area contributed by atoms with E-state index in [9.17, 15) is 13.2 Å². The molecule has 0 saturated heterocycles. The highest BCUT2D eigenvalue weighted by Crippen LogP contribution is 2.22. The van der Waals surface area contributed by atoms with E-state index in [4.69, 9.17) is 10.00 Å². The number of rotatable bonds is 10. The molecule has 0 heterocycles. The van der Waals surface area contributed by atoms with E-state index in [1.54, 1.807) is 30.3 Å². The Balaban J connectivity index is 2.35. The van der Waals surface area contributed by atoms with Crippen molar-refractivity contribution in [1.29, 1.82) is 5.26 Å². The summed E-state index contributed by atoms with van der Waals surface area (Å²) in [7, 11) is -3.76. The molecule has 152 valence electrons. The van der Waals surface area contributed by atoms with Crippen LogP contribution in [0.4, 0.5) is 5.69 Å². The SMILES string of the molecule is C=CCNS(=O)(=O)c1cccc(C(=O)N(CCC#N)c2ccc(OCC)cc2)c1. The molecule has 8 heteroatoms. The summed E-state index contributed by atoms with van der Waals surface area (Å²) in [4.78, 5) is 14.5. The molecule has 0 aromatic heterocycles. The van der Waals surface area contributed by atoms with Crippen LogP contribution < -0.4 is 14.4 Å². The van der Waals surface area contributed by atoms with Crippen LogP contribution in [-0.4, -0.2) is 34.0 Å². The number of carbonyl (C=O) groups excluding carboxylic acids is 1. The van der Waals surface area contributed by atoms with Gasteiger partial charge < -0.3 is 9.64 Å². The van der Waals surface area contributed by atoms with E-state index in [0.717, 1.165) is 0 Å². The Labute approximate surface area is 171 Å². The summed E-state index contributed by atoms with van der Waals surface area (Å²) < 4.78 is 32.5. The molecule has 0 saturated carbocycles. The summed E-state index contributed by atoms with van der Waals surface area (Å²) in [5.41, 5.74) is 0.796. The van der Waals surface area contributed by atoms with Crippen LogP contribution in [0.15, 0.2) is 66.1 Å². The van der Waals surface area contributed by atoms with Gasteiger partial charge in [0.2, 0.25) is 10.0 Å². The third kappa shape index (κ3) is 5.91. The summed E-state index contributed by atoms with van der Waals surface area (Å²) in [6, 6.07) is 14.8. The van der Waals surface area contributed by atoms with Crippen LogP contribution in [0.5, 0.6) is 5.75 Å². The first-order valence-electron chi connectivity index (χ1n) is 9.05. The number of anilines is 1. The Hall–Kier alpha value is -3.15. The van der Waals surface area contributed by atoms with Crippen LogP contribution in [0.3, 0.4) is 0 Å². The second kappa shape index (κ2) is 10.4. The van der Waals surface area contributed by atoms with Crippen LogP contribution in [0, 0.1) is 11.3 Å². The molecule has 0 radical (unpaired) electrons. The Morgan fingerprint density at radius 2 is 2.00 bits per heavy atom. The number of nitrogens with one attached hydrogen (secondary N) is 1. The number of ether oxygens (including phenoxy) is 1. The fourth-order valence-electron chi connectivity index (χ4n) is 2.60. The highest BCUT2D eigenvalue weighted by molar-refractivity contribution is 7.89. The quantitative estimate of drug-likeness (QED) is 0.603. The Bertz CT molecular complexity index is 995. The van der Waals surface area contributed by atoms with E-state index in [0.29, 0.717) is 18.0 Å². The van der Waals surface area contributed by atoms with Gasteiger partial charge in [0.25, 0.3) is 5.91 Å². The van der Waals surface area contributed by atoms with Gasteiger partial charge in [-0.1, -0.05) is 12.1 Å². The maximum atomic E-state index is 13.1. The number of benzene rings is 2. The monoisotopic (exact) mass is 413 g/mol. The molecule has 1 N–H and O–H groups in total. The molecule has 0 aliphatic carbocycles. The first-order valence-corrected chi connectivity index (χ1v) is 10.5. The second-order valence-electron chi connectivity index (χ2n) is 5.96. The maximum Gasteiger partial charge on any atom is 0.258 e. The van der Waals surface area contributed by atoms with E-state index in [1.165, 1.54) is 29.2 Å². The minimum absolute atomic E-state index is 0.0165. The van der Waals surface area contributed by atoms with Crippen LogP contribution in [-0.2, 0) is 10.0 Å². The third-order valence-electron chi connectivity index (χ3n) is 3.96. The number of hydrogen-bond acceptors (Lipinski definition) is 5. The summed E-state index contributed by atoms with van der Waals surface area (Å²) in [5.74, 6) is 0.274. The predicted octanol–water partition coefficient (Wildman–Crippen LogP) is 3.11. The largest absolute Gasteiger partial charge is 0.494 e. The van der Waals surface area contributed by atoms with E-state index in [-0.39, 0.29) is 30.0 Å². The van der Waals surface area contributed by atoms with Gasteiger partial charge in [0, 0.05) is 24.3 Å². The lowest BCUT2D eigenvalue weighted by Gasteiger charge is -2.22. The third-order valence-corrected chi connectivity index (χ3v) is 5.38. The zero-order valence-electron chi connectivity index (χ0n) is 16.2. The Morgan fingerprint density at radius 3 is 2.62 bits per heavy atom. The molecule has 1 amide bonds. The molecule has 0 spiro atoms. The molecule has 0 fully saturated rings. The lowest BCUT2D eigenvalue weighted by atomic mass is 10.1. The molecule has 2 aromatic rings.